The predicted molar refractivity (Wildman–Crippen MR) is 71.0 cm³/mol. The fourth-order valence-corrected chi connectivity index (χ4v) is 2.50. The summed E-state index contributed by atoms with van der Waals surface area (Å²) in [6.07, 6.45) is 0.852. The molecule has 1 saturated carbocycles. The van der Waals surface area contributed by atoms with E-state index < -0.39 is 11.3 Å². The van der Waals surface area contributed by atoms with Crippen LogP contribution < -0.4 is 0 Å². The minimum absolute atomic E-state index is 0.166. The highest BCUT2D eigenvalue weighted by molar-refractivity contribution is 5.91. The Morgan fingerprint density at radius 2 is 2.00 bits per heavy atom. The quantitative estimate of drug-likeness (QED) is 0.829. The molecule has 5 nitrogen and oxygen atoms in total. The number of aromatic hydroxyl groups is 1. The van der Waals surface area contributed by atoms with Crippen molar-refractivity contribution in [3.63, 3.8) is 0 Å². The lowest BCUT2D eigenvalue weighted by Gasteiger charge is -2.15. The van der Waals surface area contributed by atoms with Crippen LogP contribution in [0.5, 0.6) is 5.75 Å². The third-order valence-electron chi connectivity index (χ3n) is 3.70. The van der Waals surface area contributed by atoms with Crippen LogP contribution in [0.4, 0.5) is 0 Å². The normalized spacial score (nSPS) is 24.0. The van der Waals surface area contributed by atoms with Gasteiger partial charge in [0.25, 0.3) is 0 Å². The number of carbonyl (C=O) groups excluding carboxylic acids is 2. The molecule has 1 unspecified atom stereocenters. The predicted octanol–water partition coefficient (Wildman–Crippen LogP) is 1.68. The van der Waals surface area contributed by atoms with Gasteiger partial charge in [-0.05, 0) is 37.5 Å². The molecular weight excluding hydrogens is 260 g/mol. The molecule has 0 aromatic heterocycles. The summed E-state index contributed by atoms with van der Waals surface area (Å²) in [6.45, 7) is 2.02. The first-order valence-corrected chi connectivity index (χ1v) is 6.56. The van der Waals surface area contributed by atoms with E-state index in [2.05, 4.69) is 0 Å². The van der Waals surface area contributed by atoms with Crippen LogP contribution in [0.1, 0.15) is 18.9 Å². The fraction of sp³-hybridized carbons (Fsp3) is 0.467. The number of phenolic OH excluding ortho intramolecular Hbond substituents is 1. The largest absolute Gasteiger partial charge is 0.508 e. The van der Waals surface area contributed by atoms with Crippen molar-refractivity contribution in [2.24, 2.45) is 11.3 Å². The summed E-state index contributed by atoms with van der Waals surface area (Å²) in [5.41, 5.74) is 0.0577. The maximum atomic E-state index is 12.1. The summed E-state index contributed by atoms with van der Waals surface area (Å²) >= 11 is 0. The molecule has 0 spiro atoms. The highest BCUT2D eigenvalue weighted by atomic mass is 16.5. The van der Waals surface area contributed by atoms with Crippen LogP contribution in [0.3, 0.4) is 0 Å². The zero-order valence-electron chi connectivity index (χ0n) is 11.6. The van der Waals surface area contributed by atoms with E-state index in [1.807, 2.05) is 0 Å². The highest BCUT2D eigenvalue weighted by Crippen LogP contribution is 2.56. The van der Waals surface area contributed by atoms with Crippen molar-refractivity contribution in [2.75, 3.05) is 13.7 Å². The molecule has 1 aliphatic rings. The first kappa shape index (κ1) is 14.4. The molecule has 108 valence electrons. The van der Waals surface area contributed by atoms with Gasteiger partial charge in [0, 0.05) is 0 Å². The van der Waals surface area contributed by atoms with Gasteiger partial charge < -0.3 is 14.6 Å². The van der Waals surface area contributed by atoms with Crippen LogP contribution in [0, 0.1) is 11.3 Å². The zero-order valence-corrected chi connectivity index (χ0v) is 11.6. The second kappa shape index (κ2) is 5.53. The fourth-order valence-electron chi connectivity index (χ4n) is 2.50. The van der Waals surface area contributed by atoms with Gasteiger partial charge in [-0.2, -0.15) is 0 Å². The molecule has 1 aliphatic carbocycles. The van der Waals surface area contributed by atoms with Crippen LogP contribution in [0.15, 0.2) is 24.3 Å². The summed E-state index contributed by atoms with van der Waals surface area (Å²) in [7, 11) is 1.32. The topological polar surface area (TPSA) is 72.8 Å². The van der Waals surface area contributed by atoms with Crippen molar-refractivity contribution in [3.8, 4) is 5.75 Å². The van der Waals surface area contributed by atoms with Crippen molar-refractivity contribution in [1.82, 2.24) is 0 Å². The molecule has 0 heterocycles. The number of carbonyl (C=O) groups is 2. The Hall–Kier alpha value is -2.04. The van der Waals surface area contributed by atoms with E-state index in [1.165, 1.54) is 7.11 Å². The highest BCUT2D eigenvalue weighted by Gasteiger charge is 2.65. The van der Waals surface area contributed by atoms with Crippen LogP contribution in [0.25, 0.3) is 0 Å². The molecule has 0 aliphatic heterocycles. The molecule has 5 heteroatoms. The molecule has 1 aromatic carbocycles. The Kier molecular flexibility index (Phi) is 3.97. The first-order valence-electron chi connectivity index (χ1n) is 6.56. The van der Waals surface area contributed by atoms with E-state index in [1.54, 1.807) is 31.2 Å². The number of methoxy groups -OCH3 is 1. The Balaban J connectivity index is 2.19. The number of phenols is 1. The van der Waals surface area contributed by atoms with E-state index in [0.29, 0.717) is 12.8 Å². The Bertz CT molecular complexity index is 508. The second-order valence-corrected chi connectivity index (χ2v) is 5.00. The summed E-state index contributed by atoms with van der Waals surface area (Å²) in [5.74, 6) is -1.01. The Morgan fingerprint density at radius 3 is 2.55 bits per heavy atom. The number of rotatable bonds is 5. The van der Waals surface area contributed by atoms with Crippen molar-refractivity contribution in [2.45, 2.75) is 19.8 Å². The molecule has 2 atom stereocenters. The van der Waals surface area contributed by atoms with E-state index in [0.717, 1.165) is 5.56 Å². The number of esters is 2. The standard InChI is InChI=1S/C15H18O5/c1-3-20-14(18)15(9-12(15)13(17)19-2)8-10-4-6-11(16)7-5-10/h4-7,12,16H,3,8-9H2,1-2H3/t12-,15?/m1/s1. The zero-order chi connectivity index (χ0) is 14.8. The number of hydrogen-bond donors (Lipinski definition) is 1. The van der Waals surface area contributed by atoms with Gasteiger partial charge in [0.15, 0.2) is 0 Å². The van der Waals surface area contributed by atoms with Gasteiger partial charge in [0.2, 0.25) is 0 Å². The van der Waals surface area contributed by atoms with Gasteiger partial charge in [0.05, 0.1) is 25.0 Å². The average molecular weight is 278 g/mol. The third-order valence-corrected chi connectivity index (χ3v) is 3.70. The SMILES string of the molecule is CCOC(=O)C1(Cc2ccc(O)cc2)C[C@@H]1C(=O)OC. The van der Waals surface area contributed by atoms with Gasteiger partial charge in [0.1, 0.15) is 5.75 Å². The molecular formula is C15H18O5. The minimum Gasteiger partial charge on any atom is -0.508 e. The van der Waals surface area contributed by atoms with Gasteiger partial charge in [-0.3, -0.25) is 9.59 Å². The monoisotopic (exact) mass is 278 g/mol. The van der Waals surface area contributed by atoms with E-state index >= 15 is 0 Å². The van der Waals surface area contributed by atoms with Crippen molar-refractivity contribution in [1.29, 1.82) is 0 Å². The lowest BCUT2D eigenvalue weighted by Crippen LogP contribution is -2.26. The van der Waals surface area contributed by atoms with Crippen LogP contribution in [-0.4, -0.2) is 30.8 Å². The number of hydrogen-bond acceptors (Lipinski definition) is 5. The summed E-state index contributed by atoms with van der Waals surface area (Å²) in [4.78, 5) is 23.8. The molecule has 1 aromatic rings. The second-order valence-electron chi connectivity index (χ2n) is 5.00. The van der Waals surface area contributed by atoms with E-state index in [-0.39, 0.29) is 24.3 Å². The van der Waals surface area contributed by atoms with Crippen molar-refractivity contribution < 1.29 is 24.2 Å². The van der Waals surface area contributed by atoms with E-state index in [9.17, 15) is 14.7 Å². The van der Waals surface area contributed by atoms with Crippen molar-refractivity contribution in [3.05, 3.63) is 29.8 Å². The summed E-state index contributed by atoms with van der Waals surface area (Å²) in [6, 6.07) is 6.60. The first-order chi connectivity index (χ1) is 9.53. The smallest absolute Gasteiger partial charge is 0.313 e. The summed E-state index contributed by atoms with van der Waals surface area (Å²) < 4.78 is 9.82. The van der Waals surface area contributed by atoms with Crippen LogP contribution >= 0.6 is 0 Å². The average Bonchev–Trinajstić information content (AvgIpc) is 3.16. The lowest BCUT2D eigenvalue weighted by atomic mass is 9.93. The number of benzene rings is 1. The van der Waals surface area contributed by atoms with Gasteiger partial charge in [-0.1, -0.05) is 12.1 Å². The Morgan fingerprint density at radius 1 is 1.35 bits per heavy atom. The molecule has 1 N–H and O–H groups in total. The molecule has 1 fully saturated rings. The van der Waals surface area contributed by atoms with Gasteiger partial charge in [-0.15, -0.1) is 0 Å². The molecule has 0 radical (unpaired) electrons. The molecule has 20 heavy (non-hydrogen) atoms. The Labute approximate surface area is 117 Å². The van der Waals surface area contributed by atoms with Gasteiger partial charge in [-0.25, -0.2) is 0 Å². The summed E-state index contributed by atoms with van der Waals surface area (Å²) in [5, 5.41) is 9.28. The van der Waals surface area contributed by atoms with Crippen molar-refractivity contribution >= 4 is 11.9 Å². The molecule has 2 rings (SSSR count). The van der Waals surface area contributed by atoms with Crippen LogP contribution in [-0.2, 0) is 25.5 Å². The van der Waals surface area contributed by atoms with Crippen LogP contribution in [0.2, 0.25) is 0 Å². The maximum absolute atomic E-state index is 12.1. The van der Waals surface area contributed by atoms with E-state index in [4.69, 9.17) is 9.47 Å². The molecule has 0 saturated heterocycles. The minimum atomic E-state index is -0.819. The third kappa shape index (κ3) is 2.61. The lowest BCUT2D eigenvalue weighted by molar-refractivity contribution is -0.154. The number of ether oxygens (including phenoxy) is 2. The molecule has 0 amide bonds. The molecule has 0 bridgehead atoms. The van der Waals surface area contributed by atoms with Gasteiger partial charge >= 0.3 is 11.9 Å². The maximum Gasteiger partial charge on any atom is 0.313 e.